The van der Waals surface area contributed by atoms with Gasteiger partial charge in [0.2, 0.25) is 0 Å². The molecule has 0 fully saturated rings. The molecule has 1 aromatic carbocycles. The summed E-state index contributed by atoms with van der Waals surface area (Å²) in [5, 5.41) is 3.43. The Morgan fingerprint density at radius 2 is 1.70 bits per heavy atom. The van der Waals surface area contributed by atoms with Crippen LogP contribution in [0.15, 0.2) is 24.3 Å². The van der Waals surface area contributed by atoms with Crippen LogP contribution in [0.2, 0.25) is 0 Å². The molecule has 0 aliphatic carbocycles. The fraction of sp³-hybridized carbons (Fsp3) is 0.647. The summed E-state index contributed by atoms with van der Waals surface area (Å²) in [6.07, 6.45) is 6.21. The Balaban J connectivity index is 1.91. The van der Waals surface area contributed by atoms with E-state index < -0.39 is 0 Å². The number of methoxy groups -OCH3 is 1. The zero-order valence-electron chi connectivity index (χ0n) is 13.0. The number of hydrogen-bond donors (Lipinski definition) is 1. The van der Waals surface area contributed by atoms with Gasteiger partial charge >= 0.3 is 0 Å². The van der Waals surface area contributed by atoms with Crippen molar-refractivity contribution >= 4 is 0 Å². The van der Waals surface area contributed by atoms with Crippen LogP contribution in [-0.4, -0.2) is 26.8 Å². The fourth-order valence-electron chi connectivity index (χ4n) is 2.02. The first-order chi connectivity index (χ1) is 9.86. The molecule has 0 saturated heterocycles. The van der Waals surface area contributed by atoms with E-state index in [0.29, 0.717) is 6.61 Å². The van der Waals surface area contributed by atoms with Crippen molar-refractivity contribution in [3.63, 3.8) is 0 Å². The zero-order valence-corrected chi connectivity index (χ0v) is 13.0. The number of rotatable bonds is 12. The van der Waals surface area contributed by atoms with Gasteiger partial charge in [-0.25, -0.2) is 0 Å². The molecule has 0 saturated carbocycles. The molecule has 0 aliphatic heterocycles. The minimum absolute atomic E-state index is 0.696. The molecule has 0 amide bonds. The average Bonchev–Trinajstić information content (AvgIpc) is 2.50. The molecule has 0 bridgehead atoms. The summed E-state index contributed by atoms with van der Waals surface area (Å²) in [6, 6.07) is 8.06. The third kappa shape index (κ3) is 8.18. The largest absolute Gasteiger partial charge is 0.497 e. The fourth-order valence-corrected chi connectivity index (χ4v) is 2.02. The number of ether oxygens (including phenoxy) is 2. The summed E-state index contributed by atoms with van der Waals surface area (Å²) in [5.41, 5.74) is 1.20. The average molecular weight is 279 g/mol. The van der Waals surface area contributed by atoms with Gasteiger partial charge in [-0.05, 0) is 50.0 Å². The van der Waals surface area contributed by atoms with E-state index >= 15 is 0 Å². The maximum absolute atomic E-state index is 5.68. The highest BCUT2D eigenvalue weighted by Gasteiger charge is 1.95. The second-order valence-corrected chi connectivity index (χ2v) is 5.06. The van der Waals surface area contributed by atoms with Gasteiger partial charge in [-0.2, -0.15) is 0 Å². The molecule has 20 heavy (non-hydrogen) atoms. The van der Waals surface area contributed by atoms with Gasteiger partial charge in [-0.15, -0.1) is 0 Å². The Morgan fingerprint density at radius 3 is 2.40 bits per heavy atom. The van der Waals surface area contributed by atoms with Crippen LogP contribution in [-0.2, 0) is 11.3 Å². The van der Waals surface area contributed by atoms with Crippen LogP contribution in [0.25, 0.3) is 0 Å². The van der Waals surface area contributed by atoms with Gasteiger partial charge in [0.25, 0.3) is 0 Å². The Kier molecular flexibility index (Phi) is 9.98. The number of benzene rings is 1. The number of nitrogens with one attached hydrogen (secondary N) is 1. The lowest BCUT2D eigenvalue weighted by molar-refractivity contribution is 0.116. The predicted octanol–water partition coefficient (Wildman–Crippen LogP) is 3.77. The minimum atomic E-state index is 0.696. The van der Waals surface area contributed by atoms with E-state index in [1.54, 1.807) is 7.11 Å². The second kappa shape index (κ2) is 11.7. The van der Waals surface area contributed by atoms with Crippen LogP contribution in [0.5, 0.6) is 5.75 Å². The topological polar surface area (TPSA) is 30.5 Å². The first-order valence-corrected chi connectivity index (χ1v) is 7.78. The van der Waals surface area contributed by atoms with E-state index in [4.69, 9.17) is 9.47 Å². The van der Waals surface area contributed by atoms with Gasteiger partial charge in [-0.1, -0.05) is 31.9 Å². The molecule has 0 atom stereocenters. The van der Waals surface area contributed by atoms with Crippen molar-refractivity contribution in [1.82, 2.24) is 5.32 Å². The van der Waals surface area contributed by atoms with Crippen molar-refractivity contribution in [2.24, 2.45) is 0 Å². The van der Waals surface area contributed by atoms with Crippen molar-refractivity contribution in [2.75, 3.05) is 26.8 Å². The lowest BCUT2D eigenvalue weighted by Crippen LogP contribution is -2.15. The lowest BCUT2D eigenvalue weighted by atomic mass is 10.2. The summed E-state index contributed by atoms with van der Waals surface area (Å²) in [5.74, 6) is 0.894. The Labute approximate surface area is 123 Å². The van der Waals surface area contributed by atoms with Crippen molar-refractivity contribution in [2.45, 2.75) is 45.6 Å². The minimum Gasteiger partial charge on any atom is -0.497 e. The van der Waals surface area contributed by atoms with Crippen molar-refractivity contribution in [3.05, 3.63) is 29.8 Å². The van der Waals surface area contributed by atoms with Crippen molar-refractivity contribution < 1.29 is 9.47 Å². The Hall–Kier alpha value is -1.06. The summed E-state index contributed by atoms with van der Waals surface area (Å²) in [4.78, 5) is 0. The standard InChI is InChI=1S/C17H29NO2/c1-3-12-18-13-6-4-5-7-14-20-15-16-8-10-17(19-2)11-9-16/h8-11,18H,3-7,12-15H2,1-2H3. The summed E-state index contributed by atoms with van der Waals surface area (Å²) < 4.78 is 10.8. The summed E-state index contributed by atoms with van der Waals surface area (Å²) in [6.45, 7) is 6.05. The van der Waals surface area contributed by atoms with E-state index in [9.17, 15) is 0 Å². The molecule has 3 nitrogen and oxygen atoms in total. The van der Waals surface area contributed by atoms with Gasteiger partial charge in [0, 0.05) is 6.61 Å². The summed E-state index contributed by atoms with van der Waals surface area (Å²) >= 11 is 0. The molecule has 0 unspecified atom stereocenters. The van der Waals surface area contributed by atoms with Crippen LogP contribution in [0.4, 0.5) is 0 Å². The van der Waals surface area contributed by atoms with Crippen molar-refractivity contribution in [1.29, 1.82) is 0 Å². The van der Waals surface area contributed by atoms with Crippen molar-refractivity contribution in [3.8, 4) is 5.75 Å². The lowest BCUT2D eigenvalue weighted by Gasteiger charge is -2.06. The molecule has 1 N–H and O–H groups in total. The van der Waals surface area contributed by atoms with Crippen LogP contribution in [0.1, 0.15) is 44.6 Å². The first kappa shape index (κ1) is 17.0. The number of unbranched alkanes of at least 4 members (excludes halogenated alkanes) is 3. The van der Waals surface area contributed by atoms with E-state index in [1.165, 1.54) is 31.2 Å². The first-order valence-electron chi connectivity index (χ1n) is 7.78. The highest BCUT2D eigenvalue weighted by molar-refractivity contribution is 5.26. The molecule has 0 aromatic heterocycles. The quantitative estimate of drug-likeness (QED) is 0.591. The Morgan fingerprint density at radius 1 is 0.950 bits per heavy atom. The SMILES string of the molecule is CCCNCCCCCCOCc1ccc(OC)cc1. The van der Waals surface area contributed by atoms with Gasteiger partial charge in [0.05, 0.1) is 13.7 Å². The monoisotopic (exact) mass is 279 g/mol. The summed E-state index contributed by atoms with van der Waals surface area (Å²) in [7, 11) is 1.68. The van der Waals surface area contributed by atoms with Gasteiger partial charge in [0.1, 0.15) is 5.75 Å². The Bertz CT molecular complexity index is 324. The third-order valence-corrected chi connectivity index (χ3v) is 3.25. The molecule has 1 rings (SSSR count). The van der Waals surface area contributed by atoms with E-state index in [-0.39, 0.29) is 0 Å². The third-order valence-electron chi connectivity index (χ3n) is 3.25. The van der Waals surface area contributed by atoms with Crippen LogP contribution in [0, 0.1) is 0 Å². The molecule has 0 aliphatic rings. The highest BCUT2D eigenvalue weighted by Crippen LogP contribution is 2.12. The molecular formula is C17H29NO2. The molecule has 1 aromatic rings. The molecule has 3 heteroatoms. The van der Waals surface area contributed by atoms with Gasteiger partial charge < -0.3 is 14.8 Å². The van der Waals surface area contributed by atoms with E-state index in [0.717, 1.165) is 31.9 Å². The van der Waals surface area contributed by atoms with Crippen LogP contribution < -0.4 is 10.1 Å². The van der Waals surface area contributed by atoms with Crippen LogP contribution >= 0.6 is 0 Å². The molecule has 0 spiro atoms. The normalized spacial score (nSPS) is 10.7. The van der Waals surface area contributed by atoms with Gasteiger partial charge in [-0.3, -0.25) is 0 Å². The maximum atomic E-state index is 5.68. The van der Waals surface area contributed by atoms with Crippen LogP contribution in [0.3, 0.4) is 0 Å². The smallest absolute Gasteiger partial charge is 0.118 e. The molecule has 114 valence electrons. The molecule has 0 heterocycles. The predicted molar refractivity (Wildman–Crippen MR) is 84.3 cm³/mol. The number of hydrogen-bond acceptors (Lipinski definition) is 3. The maximum Gasteiger partial charge on any atom is 0.118 e. The zero-order chi connectivity index (χ0) is 14.5. The highest BCUT2D eigenvalue weighted by atomic mass is 16.5. The van der Waals surface area contributed by atoms with E-state index in [2.05, 4.69) is 24.4 Å². The van der Waals surface area contributed by atoms with E-state index in [1.807, 2.05) is 12.1 Å². The second-order valence-electron chi connectivity index (χ2n) is 5.06. The molecule has 0 radical (unpaired) electrons. The molecular weight excluding hydrogens is 250 g/mol. The van der Waals surface area contributed by atoms with Gasteiger partial charge in [0.15, 0.2) is 0 Å².